The number of carboxylic acids is 1. The Morgan fingerprint density at radius 2 is 2.04 bits per heavy atom. The van der Waals surface area contributed by atoms with Crippen LogP contribution < -0.4 is 10.1 Å². The molecule has 0 aliphatic carbocycles. The van der Waals surface area contributed by atoms with Crippen LogP contribution in [0, 0.1) is 5.92 Å². The Kier molecular flexibility index (Phi) is 5.84. The molecule has 23 heavy (non-hydrogen) atoms. The number of hydrogen-bond donors (Lipinski definition) is 2. The minimum absolute atomic E-state index is 0.00599. The summed E-state index contributed by atoms with van der Waals surface area (Å²) in [5.74, 6) is -0.00334. The Labute approximate surface area is 136 Å². The Hall–Kier alpha value is -2.24. The van der Waals surface area contributed by atoms with E-state index in [9.17, 15) is 9.59 Å². The van der Waals surface area contributed by atoms with Gasteiger partial charge in [-0.2, -0.15) is 0 Å². The number of piperidine rings is 1. The fourth-order valence-corrected chi connectivity index (χ4v) is 2.57. The Bertz CT molecular complexity index is 551. The molecule has 0 radical (unpaired) electrons. The molecule has 1 aliphatic rings. The molecule has 1 heterocycles. The molecule has 1 fully saturated rings. The summed E-state index contributed by atoms with van der Waals surface area (Å²) in [7, 11) is 0. The molecule has 0 unspecified atom stereocenters. The van der Waals surface area contributed by atoms with Crippen LogP contribution in [0.1, 0.15) is 37.0 Å². The number of urea groups is 1. The zero-order valence-electron chi connectivity index (χ0n) is 13.6. The number of rotatable bonds is 5. The first-order valence-corrected chi connectivity index (χ1v) is 7.97. The second kappa shape index (κ2) is 7.85. The van der Waals surface area contributed by atoms with Gasteiger partial charge in [-0.1, -0.05) is 6.07 Å². The number of likely N-dealkylation sites (tertiary alicyclic amines) is 1. The highest BCUT2D eigenvalue weighted by molar-refractivity contribution is 5.88. The zero-order valence-corrected chi connectivity index (χ0v) is 13.6. The van der Waals surface area contributed by atoms with Crippen LogP contribution in [0.4, 0.5) is 4.79 Å². The Morgan fingerprint density at radius 3 is 2.65 bits per heavy atom. The molecule has 1 aliphatic heterocycles. The predicted octanol–water partition coefficient (Wildman–Crippen LogP) is 2.59. The second-order valence-electron chi connectivity index (χ2n) is 6.18. The van der Waals surface area contributed by atoms with Gasteiger partial charge in [0.1, 0.15) is 5.75 Å². The first-order valence-electron chi connectivity index (χ1n) is 7.97. The fourth-order valence-electron chi connectivity index (χ4n) is 2.57. The van der Waals surface area contributed by atoms with Gasteiger partial charge in [0.2, 0.25) is 0 Å². The quantitative estimate of drug-likeness (QED) is 0.874. The van der Waals surface area contributed by atoms with Gasteiger partial charge >= 0.3 is 12.0 Å². The molecule has 0 atom stereocenters. The van der Waals surface area contributed by atoms with Crippen molar-refractivity contribution in [3.8, 4) is 5.75 Å². The van der Waals surface area contributed by atoms with Crippen molar-refractivity contribution in [2.75, 3.05) is 19.7 Å². The number of carbonyl (C=O) groups is 2. The molecule has 2 amide bonds. The average molecular weight is 320 g/mol. The number of aromatic carboxylic acids is 1. The second-order valence-corrected chi connectivity index (χ2v) is 6.18. The topological polar surface area (TPSA) is 78.9 Å². The van der Waals surface area contributed by atoms with Gasteiger partial charge in [0.15, 0.2) is 0 Å². The van der Waals surface area contributed by atoms with Gasteiger partial charge in [0.05, 0.1) is 12.2 Å². The monoisotopic (exact) mass is 320 g/mol. The van der Waals surface area contributed by atoms with Crippen LogP contribution in [-0.2, 0) is 0 Å². The standard InChI is InChI=1S/C17H24N2O4/c1-12(2)18-17(22)19-8-6-13(7-9-19)11-23-15-5-3-4-14(10-15)16(20)21/h3-5,10,12-13H,6-9,11H2,1-2H3,(H,18,22)(H,20,21). The zero-order chi connectivity index (χ0) is 16.8. The molecule has 0 bridgehead atoms. The van der Waals surface area contributed by atoms with E-state index in [1.165, 1.54) is 6.07 Å². The molecule has 2 rings (SSSR count). The summed E-state index contributed by atoms with van der Waals surface area (Å²) in [6.07, 6.45) is 1.79. The van der Waals surface area contributed by atoms with E-state index in [4.69, 9.17) is 9.84 Å². The number of nitrogens with one attached hydrogen (secondary N) is 1. The van der Waals surface area contributed by atoms with E-state index < -0.39 is 5.97 Å². The van der Waals surface area contributed by atoms with E-state index in [2.05, 4.69) is 5.32 Å². The van der Waals surface area contributed by atoms with E-state index >= 15 is 0 Å². The third kappa shape index (κ3) is 5.16. The van der Waals surface area contributed by atoms with E-state index in [0.717, 1.165) is 25.9 Å². The number of benzene rings is 1. The van der Waals surface area contributed by atoms with Crippen molar-refractivity contribution in [2.45, 2.75) is 32.7 Å². The summed E-state index contributed by atoms with van der Waals surface area (Å²) < 4.78 is 5.71. The summed E-state index contributed by atoms with van der Waals surface area (Å²) in [4.78, 5) is 24.7. The van der Waals surface area contributed by atoms with E-state index in [-0.39, 0.29) is 17.6 Å². The van der Waals surface area contributed by atoms with Crippen molar-refractivity contribution in [1.29, 1.82) is 0 Å². The van der Waals surface area contributed by atoms with Crippen LogP contribution >= 0.6 is 0 Å². The first kappa shape index (κ1) is 17.1. The maximum Gasteiger partial charge on any atom is 0.335 e. The highest BCUT2D eigenvalue weighted by Gasteiger charge is 2.23. The van der Waals surface area contributed by atoms with Gasteiger partial charge in [-0.05, 0) is 50.8 Å². The lowest BCUT2D eigenvalue weighted by Crippen LogP contribution is -2.47. The van der Waals surface area contributed by atoms with Crippen LogP contribution in [0.5, 0.6) is 5.75 Å². The molecule has 6 nitrogen and oxygen atoms in total. The molecule has 0 saturated carbocycles. The maximum absolute atomic E-state index is 11.9. The molecule has 1 saturated heterocycles. The van der Waals surface area contributed by atoms with Crippen molar-refractivity contribution in [3.63, 3.8) is 0 Å². The number of carbonyl (C=O) groups excluding carboxylic acids is 1. The lowest BCUT2D eigenvalue weighted by Gasteiger charge is -2.32. The van der Waals surface area contributed by atoms with Gasteiger partial charge in [0.25, 0.3) is 0 Å². The van der Waals surface area contributed by atoms with Crippen molar-refractivity contribution >= 4 is 12.0 Å². The van der Waals surface area contributed by atoms with Crippen molar-refractivity contribution < 1.29 is 19.4 Å². The van der Waals surface area contributed by atoms with Gasteiger partial charge < -0.3 is 20.1 Å². The number of amides is 2. The number of ether oxygens (including phenoxy) is 1. The molecule has 1 aromatic carbocycles. The van der Waals surface area contributed by atoms with Crippen LogP contribution in [0.25, 0.3) is 0 Å². The van der Waals surface area contributed by atoms with Gasteiger partial charge in [-0.25, -0.2) is 9.59 Å². The van der Waals surface area contributed by atoms with E-state index in [1.807, 2.05) is 18.7 Å². The number of hydrogen-bond acceptors (Lipinski definition) is 3. The molecule has 1 aromatic rings. The molecule has 0 spiro atoms. The van der Waals surface area contributed by atoms with Gasteiger partial charge in [0, 0.05) is 19.1 Å². The van der Waals surface area contributed by atoms with E-state index in [1.54, 1.807) is 18.2 Å². The molecular weight excluding hydrogens is 296 g/mol. The van der Waals surface area contributed by atoms with Crippen molar-refractivity contribution in [2.24, 2.45) is 5.92 Å². The number of nitrogens with zero attached hydrogens (tertiary/aromatic N) is 1. The third-order valence-corrected chi connectivity index (χ3v) is 3.88. The normalized spacial score (nSPS) is 15.5. The summed E-state index contributed by atoms with van der Waals surface area (Å²) >= 11 is 0. The summed E-state index contributed by atoms with van der Waals surface area (Å²) in [5.41, 5.74) is 0.225. The van der Waals surface area contributed by atoms with Crippen molar-refractivity contribution in [1.82, 2.24) is 10.2 Å². The van der Waals surface area contributed by atoms with Gasteiger partial charge in [-0.3, -0.25) is 0 Å². The summed E-state index contributed by atoms with van der Waals surface area (Å²) in [6.45, 7) is 5.89. The Morgan fingerprint density at radius 1 is 1.35 bits per heavy atom. The SMILES string of the molecule is CC(C)NC(=O)N1CCC(COc2cccc(C(=O)O)c2)CC1. The summed E-state index contributed by atoms with van der Waals surface area (Å²) in [5, 5.41) is 11.9. The molecule has 0 aromatic heterocycles. The van der Waals surface area contributed by atoms with Crippen LogP contribution in [0.15, 0.2) is 24.3 Å². The predicted molar refractivity (Wildman–Crippen MR) is 86.9 cm³/mol. The first-order chi connectivity index (χ1) is 11.0. The lowest BCUT2D eigenvalue weighted by molar-refractivity contribution is 0.0696. The molecule has 2 N–H and O–H groups in total. The minimum Gasteiger partial charge on any atom is -0.493 e. The smallest absolute Gasteiger partial charge is 0.335 e. The largest absolute Gasteiger partial charge is 0.493 e. The molecular formula is C17H24N2O4. The average Bonchev–Trinajstić information content (AvgIpc) is 2.53. The minimum atomic E-state index is -0.958. The lowest BCUT2D eigenvalue weighted by atomic mass is 9.98. The van der Waals surface area contributed by atoms with Gasteiger partial charge in [-0.15, -0.1) is 0 Å². The third-order valence-electron chi connectivity index (χ3n) is 3.88. The highest BCUT2D eigenvalue weighted by Crippen LogP contribution is 2.20. The highest BCUT2D eigenvalue weighted by atomic mass is 16.5. The molecule has 6 heteroatoms. The fraction of sp³-hybridized carbons (Fsp3) is 0.529. The van der Waals surface area contributed by atoms with Crippen LogP contribution in [-0.4, -0.2) is 47.7 Å². The van der Waals surface area contributed by atoms with E-state index in [0.29, 0.717) is 18.3 Å². The Balaban J connectivity index is 1.77. The maximum atomic E-state index is 11.9. The molecule has 126 valence electrons. The van der Waals surface area contributed by atoms with Crippen LogP contribution in [0.3, 0.4) is 0 Å². The van der Waals surface area contributed by atoms with Crippen molar-refractivity contribution in [3.05, 3.63) is 29.8 Å². The number of carboxylic acid groups (broad SMARTS) is 1. The summed E-state index contributed by atoms with van der Waals surface area (Å²) in [6, 6.07) is 6.66. The van der Waals surface area contributed by atoms with Crippen LogP contribution in [0.2, 0.25) is 0 Å².